The summed E-state index contributed by atoms with van der Waals surface area (Å²) in [5.74, 6) is -0.340. The lowest BCUT2D eigenvalue weighted by atomic mass is 10.2. The molecule has 0 fully saturated rings. The molecule has 94 valence electrons. The number of carbonyl (C=O) groups excluding carboxylic acids is 1. The number of benzene rings is 1. The van der Waals surface area contributed by atoms with Crippen molar-refractivity contribution in [3.05, 3.63) is 35.9 Å². The van der Waals surface area contributed by atoms with Crippen LogP contribution < -0.4 is 5.73 Å². The van der Waals surface area contributed by atoms with Crippen LogP contribution in [0.15, 0.2) is 30.3 Å². The summed E-state index contributed by atoms with van der Waals surface area (Å²) < 4.78 is 5.41. The molecule has 0 aliphatic rings. The van der Waals surface area contributed by atoms with Crippen LogP contribution in [0.5, 0.6) is 0 Å². The fraction of sp³-hybridized carbons (Fsp3) is 0.462. The first kappa shape index (κ1) is 13.7. The summed E-state index contributed by atoms with van der Waals surface area (Å²) in [4.78, 5) is 13.7. The van der Waals surface area contributed by atoms with E-state index in [0.29, 0.717) is 5.56 Å². The van der Waals surface area contributed by atoms with Crippen molar-refractivity contribution < 1.29 is 9.53 Å². The van der Waals surface area contributed by atoms with Gasteiger partial charge in [-0.2, -0.15) is 0 Å². The SMILES string of the molecule is CCC(N)C(OC(=O)c1ccccc1)N(C)C. The van der Waals surface area contributed by atoms with Crippen molar-refractivity contribution in [3.63, 3.8) is 0 Å². The first-order valence-corrected chi connectivity index (χ1v) is 5.74. The molecule has 4 nitrogen and oxygen atoms in total. The predicted molar refractivity (Wildman–Crippen MR) is 67.6 cm³/mol. The summed E-state index contributed by atoms with van der Waals surface area (Å²) in [6.45, 7) is 1.97. The van der Waals surface area contributed by atoms with E-state index in [2.05, 4.69) is 0 Å². The van der Waals surface area contributed by atoms with Crippen molar-refractivity contribution in [1.29, 1.82) is 0 Å². The van der Waals surface area contributed by atoms with Gasteiger partial charge >= 0.3 is 5.97 Å². The van der Waals surface area contributed by atoms with Crippen molar-refractivity contribution in [2.45, 2.75) is 25.6 Å². The van der Waals surface area contributed by atoms with Crippen molar-refractivity contribution in [2.75, 3.05) is 14.1 Å². The quantitative estimate of drug-likeness (QED) is 0.621. The van der Waals surface area contributed by atoms with Gasteiger partial charge in [0.1, 0.15) is 0 Å². The van der Waals surface area contributed by atoms with Crippen LogP contribution in [-0.4, -0.2) is 37.2 Å². The third kappa shape index (κ3) is 3.84. The number of carbonyl (C=O) groups is 1. The van der Waals surface area contributed by atoms with Gasteiger partial charge in [0.15, 0.2) is 6.23 Å². The number of nitrogens with zero attached hydrogens (tertiary/aromatic N) is 1. The molecule has 0 heterocycles. The molecular formula is C13H20N2O2. The molecule has 0 aliphatic carbocycles. The van der Waals surface area contributed by atoms with Crippen molar-refractivity contribution in [3.8, 4) is 0 Å². The van der Waals surface area contributed by atoms with Crippen molar-refractivity contribution >= 4 is 5.97 Å². The molecule has 0 saturated heterocycles. The Balaban J connectivity index is 2.71. The van der Waals surface area contributed by atoms with Crippen LogP contribution in [0, 0.1) is 0 Å². The second-order valence-electron chi connectivity index (χ2n) is 4.20. The molecule has 1 rings (SSSR count). The van der Waals surface area contributed by atoms with Crippen molar-refractivity contribution in [1.82, 2.24) is 4.90 Å². The summed E-state index contributed by atoms with van der Waals surface area (Å²) in [5.41, 5.74) is 6.47. The van der Waals surface area contributed by atoms with Gasteiger partial charge < -0.3 is 10.5 Å². The van der Waals surface area contributed by atoms with Crippen LogP contribution in [0.1, 0.15) is 23.7 Å². The average Bonchev–Trinajstić information content (AvgIpc) is 2.35. The van der Waals surface area contributed by atoms with E-state index in [0.717, 1.165) is 6.42 Å². The molecule has 0 radical (unpaired) electrons. The minimum absolute atomic E-state index is 0.183. The highest BCUT2D eigenvalue weighted by Crippen LogP contribution is 2.09. The van der Waals surface area contributed by atoms with Crippen LogP contribution in [0.25, 0.3) is 0 Å². The highest BCUT2D eigenvalue weighted by atomic mass is 16.6. The van der Waals surface area contributed by atoms with Gasteiger partial charge in [-0.05, 0) is 32.6 Å². The standard InChI is InChI=1S/C13H20N2O2/c1-4-11(14)12(15(2)3)17-13(16)10-8-6-5-7-9-10/h5-9,11-12H,4,14H2,1-3H3. The monoisotopic (exact) mass is 236 g/mol. The summed E-state index contributed by atoms with van der Waals surface area (Å²) in [6.07, 6.45) is 0.359. The molecular weight excluding hydrogens is 216 g/mol. The third-order valence-electron chi connectivity index (χ3n) is 2.58. The van der Waals surface area contributed by atoms with Crippen molar-refractivity contribution in [2.24, 2.45) is 5.73 Å². The van der Waals surface area contributed by atoms with Gasteiger partial charge in [-0.3, -0.25) is 4.90 Å². The Morgan fingerprint density at radius 2 is 1.94 bits per heavy atom. The summed E-state index contributed by atoms with van der Waals surface area (Å²) >= 11 is 0. The molecule has 0 spiro atoms. The number of hydrogen-bond acceptors (Lipinski definition) is 4. The molecule has 1 aromatic rings. The van der Waals surface area contributed by atoms with Gasteiger partial charge in [-0.15, -0.1) is 0 Å². The molecule has 0 aliphatic heterocycles. The van der Waals surface area contributed by atoms with E-state index in [1.54, 1.807) is 24.3 Å². The van der Waals surface area contributed by atoms with E-state index in [1.165, 1.54) is 0 Å². The number of esters is 1. The number of rotatable bonds is 5. The summed E-state index contributed by atoms with van der Waals surface area (Å²) in [7, 11) is 3.69. The summed E-state index contributed by atoms with van der Waals surface area (Å²) in [6, 6.07) is 8.75. The minimum Gasteiger partial charge on any atom is -0.441 e. The second-order valence-corrected chi connectivity index (χ2v) is 4.20. The number of hydrogen-bond donors (Lipinski definition) is 1. The highest BCUT2D eigenvalue weighted by Gasteiger charge is 2.23. The van der Waals surface area contributed by atoms with Gasteiger partial charge in [-0.1, -0.05) is 25.1 Å². The van der Waals surface area contributed by atoms with Crippen LogP contribution in [0.2, 0.25) is 0 Å². The molecule has 1 aromatic carbocycles. The Morgan fingerprint density at radius 1 is 1.35 bits per heavy atom. The molecule has 0 saturated carbocycles. The molecule has 0 bridgehead atoms. The molecule has 2 N–H and O–H groups in total. The van der Waals surface area contributed by atoms with Gasteiger partial charge in [-0.25, -0.2) is 4.79 Å². The zero-order valence-corrected chi connectivity index (χ0v) is 10.6. The van der Waals surface area contributed by atoms with E-state index in [1.807, 2.05) is 32.0 Å². The Kier molecular flexibility index (Phi) is 5.12. The molecule has 0 amide bonds. The fourth-order valence-electron chi connectivity index (χ4n) is 1.53. The van der Waals surface area contributed by atoms with E-state index in [4.69, 9.17) is 10.5 Å². The maximum absolute atomic E-state index is 11.9. The Labute approximate surface area is 102 Å². The zero-order chi connectivity index (χ0) is 12.8. The number of nitrogens with two attached hydrogens (primary N) is 1. The lowest BCUT2D eigenvalue weighted by molar-refractivity contribution is -0.0263. The largest absolute Gasteiger partial charge is 0.441 e. The summed E-state index contributed by atoms with van der Waals surface area (Å²) in [5, 5.41) is 0. The normalized spacial score (nSPS) is 14.4. The molecule has 0 aromatic heterocycles. The number of likely N-dealkylation sites (N-methyl/N-ethyl adjacent to an activating group) is 1. The maximum Gasteiger partial charge on any atom is 0.339 e. The maximum atomic E-state index is 11.9. The van der Waals surface area contributed by atoms with Gasteiger partial charge in [0.05, 0.1) is 11.6 Å². The average molecular weight is 236 g/mol. The molecule has 2 atom stereocenters. The second kappa shape index (κ2) is 6.37. The number of ether oxygens (including phenoxy) is 1. The van der Waals surface area contributed by atoms with Crippen LogP contribution in [0.3, 0.4) is 0 Å². The van der Waals surface area contributed by atoms with Crippen LogP contribution in [-0.2, 0) is 4.74 Å². The van der Waals surface area contributed by atoms with E-state index < -0.39 is 6.23 Å². The smallest absolute Gasteiger partial charge is 0.339 e. The predicted octanol–water partition coefficient (Wildman–Crippen LogP) is 1.47. The fourth-order valence-corrected chi connectivity index (χ4v) is 1.53. The van der Waals surface area contributed by atoms with Gasteiger partial charge in [0.2, 0.25) is 0 Å². The minimum atomic E-state index is -0.396. The Hall–Kier alpha value is -1.39. The van der Waals surface area contributed by atoms with E-state index in [-0.39, 0.29) is 12.0 Å². The van der Waals surface area contributed by atoms with Gasteiger partial charge in [0.25, 0.3) is 0 Å². The third-order valence-corrected chi connectivity index (χ3v) is 2.58. The van der Waals surface area contributed by atoms with E-state index in [9.17, 15) is 4.79 Å². The Morgan fingerprint density at radius 3 is 2.41 bits per heavy atom. The molecule has 4 heteroatoms. The molecule has 17 heavy (non-hydrogen) atoms. The highest BCUT2D eigenvalue weighted by molar-refractivity contribution is 5.89. The topological polar surface area (TPSA) is 55.6 Å². The van der Waals surface area contributed by atoms with Crippen LogP contribution >= 0.6 is 0 Å². The lowest BCUT2D eigenvalue weighted by Crippen LogP contribution is -2.46. The first-order valence-electron chi connectivity index (χ1n) is 5.74. The lowest BCUT2D eigenvalue weighted by Gasteiger charge is -2.28. The van der Waals surface area contributed by atoms with Gasteiger partial charge in [0, 0.05) is 0 Å². The molecule has 2 unspecified atom stereocenters. The van der Waals surface area contributed by atoms with E-state index >= 15 is 0 Å². The zero-order valence-electron chi connectivity index (χ0n) is 10.6. The first-order chi connectivity index (χ1) is 8.06. The van der Waals surface area contributed by atoms with Crippen LogP contribution in [0.4, 0.5) is 0 Å². The Bertz CT molecular complexity index is 352.